The number of amides is 5. The van der Waals surface area contributed by atoms with Crippen molar-refractivity contribution in [3.05, 3.63) is 41.4 Å². The lowest BCUT2D eigenvalue weighted by Gasteiger charge is -2.15. The zero-order chi connectivity index (χ0) is 19.6. The van der Waals surface area contributed by atoms with Gasteiger partial charge in [0.2, 0.25) is 5.91 Å². The van der Waals surface area contributed by atoms with Gasteiger partial charge < -0.3 is 5.32 Å². The number of carbonyl (C=O) groups is 4. The fourth-order valence-corrected chi connectivity index (χ4v) is 2.28. The first-order valence-corrected chi connectivity index (χ1v) is 7.39. The smallest absolute Gasteiger partial charge is 0.323 e. The monoisotopic (exact) mass is 389 g/mol. The van der Waals surface area contributed by atoms with Crippen LogP contribution in [0.25, 0.3) is 0 Å². The molecule has 1 aromatic rings. The molecule has 26 heavy (non-hydrogen) atoms. The first-order valence-electron chi connectivity index (χ1n) is 7.01. The first-order chi connectivity index (χ1) is 12.1. The number of nitrogens with zero attached hydrogens (tertiary/aromatic N) is 2. The number of alkyl halides is 3. The van der Waals surface area contributed by atoms with Crippen LogP contribution in [0, 0.1) is 0 Å². The Bertz CT molecular complexity index is 810. The van der Waals surface area contributed by atoms with Crippen molar-refractivity contribution < 1.29 is 32.3 Å². The molecule has 0 aliphatic carbocycles. The second-order valence-electron chi connectivity index (χ2n) is 5.12. The number of rotatable bonds is 5. The van der Waals surface area contributed by atoms with E-state index in [1.165, 1.54) is 6.08 Å². The number of nitrogens with one attached hydrogen (secondary N) is 1. The van der Waals surface area contributed by atoms with Crippen molar-refractivity contribution in [3.8, 4) is 0 Å². The van der Waals surface area contributed by atoms with Crippen LogP contribution in [0.1, 0.15) is 5.56 Å². The van der Waals surface area contributed by atoms with Gasteiger partial charge in [-0.25, -0.2) is 9.69 Å². The highest BCUT2D eigenvalue weighted by Gasteiger charge is 2.44. The lowest BCUT2D eigenvalue weighted by molar-refractivity contribution is -0.143. The number of anilines is 1. The predicted octanol–water partition coefficient (Wildman–Crippen LogP) is 2.27. The highest BCUT2D eigenvalue weighted by Crippen LogP contribution is 2.33. The van der Waals surface area contributed by atoms with Crippen molar-refractivity contribution >= 4 is 41.0 Å². The van der Waals surface area contributed by atoms with E-state index in [1.807, 2.05) is 0 Å². The maximum absolute atomic E-state index is 12.7. The standard InChI is InChI=1S/C15H11ClF3N3O4/c1-2-5-21-12(24)13(25)22(14(21)26)7-11(23)20-10-6-8(15(17,18)19)3-4-9(10)16/h2-4,6H,1,5,7H2,(H,20,23). The minimum Gasteiger partial charge on any atom is -0.323 e. The summed E-state index contributed by atoms with van der Waals surface area (Å²) in [4.78, 5) is 48.3. The number of imide groups is 2. The Morgan fingerprint density at radius 3 is 2.38 bits per heavy atom. The van der Waals surface area contributed by atoms with Crippen LogP contribution in [0.3, 0.4) is 0 Å². The van der Waals surface area contributed by atoms with Gasteiger partial charge in [0.05, 0.1) is 16.3 Å². The van der Waals surface area contributed by atoms with Gasteiger partial charge in [0, 0.05) is 6.54 Å². The van der Waals surface area contributed by atoms with Gasteiger partial charge in [-0.3, -0.25) is 19.3 Å². The van der Waals surface area contributed by atoms with Gasteiger partial charge in [0.15, 0.2) is 0 Å². The average Bonchev–Trinajstić information content (AvgIpc) is 2.74. The summed E-state index contributed by atoms with van der Waals surface area (Å²) in [6.45, 7) is 2.26. The van der Waals surface area contributed by atoms with Crippen LogP contribution in [0.15, 0.2) is 30.9 Å². The van der Waals surface area contributed by atoms with E-state index < -0.39 is 42.0 Å². The van der Waals surface area contributed by atoms with Gasteiger partial charge in [-0.1, -0.05) is 17.7 Å². The summed E-state index contributed by atoms with van der Waals surface area (Å²) in [7, 11) is 0. The summed E-state index contributed by atoms with van der Waals surface area (Å²) in [5.41, 5.74) is -1.39. The number of benzene rings is 1. The van der Waals surface area contributed by atoms with Crippen LogP contribution < -0.4 is 5.32 Å². The molecule has 0 aromatic heterocycles. The molecule has 7 nitrogen and oxygen atoms in total. The van der Waals surface area contributed by atoms with E-state index >= 15 is 0 Å². The maximum atomic E-state index is 12.7. The van der Waals surface area contributed by atoms with E-state index in [0.717, 1.165) is 12.1 Å². The number of carbonyl (C=O) groups excluding carboxylic acids is 4. The van der Waals surface area contributed by atoms with E-state index in [1.54, 1.807) is 0 Å². The van der Waals surface area contributed by atoms with Crippen LogP contribution in [-0.2, 0) is 20.6 Å². The third-order valence-electron chi connectivity index (χ3n) is 3.32. The summed E-state index contributed by atoms with van der Waals surface area (Å²) in [5, 5.41) is 1.91. The molecule has 0 bridgehead atoms. The van der Waals surface area contributed by atoms with Crippen LogP contribution in [0.4, 0.5) is 23.7 Å². The first kappa shape index (κ1) is 19.4. The zero-order valence-corrected chi connectivity index (χ0v) is 13.7. The molecule has 1 fully saturated rings. The highest BCUT2D eigenvalue weighted by molar-refractivity contribution is 6.45. The van der Waals surface area contributed by atoms with E-state index in [-0.39, 0.29) is 17.3 Å². The lowest BCUT2D eigenvalue weighted by atomic mass is 10.2. The Morgan fingerprint density at radius 1 is 1.19 bits per heavy atom. The van der Waals surface area contributed by atoms with Crippen molar-refractivity contribution in [2.45, 2.75) is 6.18 Å². The van der Waals surface area contributed by atoms with Crippen LogP contribution >= 0.6 is 11.6 Å². The lowest BCUT2D eigenvalue weighted by Crippen LogP contribution is -2.39. The third-order valence-corrected chi connectivity index (χ3v) is 3.65. The molecule has 1 saturated heterocycles. The van der Waals surface area contributed by atoms with Gasteiger partial charge in [0.1, 0.15) is 6.54 Å². The van der Waals surface area contributed by atoms with Gasteiger partial charge in [-0.05, 0) is 18.2 Å². The molecule has 0 unspecified atom stereocenters. The van der Waals surface area contributed by atoms with Crippen molar-refractivity contribution in [1.82, 2.24) is 9.80 Å². The minimum atomic E-state index is -4.65. The second-order valence-corrected chi connectivity index (χ2v) is 5.53. The molecule has 11 heteroatoms. The third kappa shape index (κ3) is 3.85. The molecular weight excluding hydrogens is 379 g/mol. The molecule has 0 saturated carbocycles. The van der Waals surface area contributed by atoms with Crippen molar-refractivity contribution in [3.63, 3.8) is 0 Å². The molecule has 138 valence electrons. The molecule has 5 amide bonds. The van der Waals surface area contributed by atoms with Crippen LogP contribution in [0.2, 0.25) is 5.02 Å². The van der Waals surface area contributed by atoms with E-state index in [4.69, 9.17) is 11.6 Å². The Balaban J connectivity index is 2.14. The molecule has 0 spiro atoms. The van der Waals surface area contributed by atoms with Crippen molar-refractivity contribution in [2.24, 2.45) is 0 Å². The molecule has 1 heterocycles. The Hall–Kier alpha value is -2.88. The summed E-state index contributed by atoms with van der Waals surface area (Å²) >= 11 is 5.75. The van der Waals surface area contributed by atoms with Gasteiger partial charge >= 0.3 is 24.0 Å². The molecule has 0 atom stereocenters. The highest BCUT2D eigenvalue weighted by atomic mass is 35.5. The fourth-order valence-electron chi connectivity index (χ4n) is 2.11. The van der Waals surface area contributed by atoms with E-state index in [9.17, 15) is 32.3 Å². The number of urea groups is 1. The molecule has 0 radical (unpaired) electrons. The van der Waals surface area contributed by atoms with Crippen molar-refractivity contribution in [2.75, 3.05) is 18.4 Å². The second kappa shape index (κ2) is 7.16. The molecule has 1 aliphatic rings. The van der Waals surface area contributed by atoms with Gasteiger partial charge in [0.25, 0.3) is 0 Å². The summed E-state index contributed by atoms with van der Waals surface area (Å²) < 4.78 is 38.2. The minimum absolute atomic E-state index is 0.171. The largest absolute Gasteiger partial charge is 0.416 e. The Morgan fingerprint density at radius 2 is 1.81 bits per heavy atom. The summed E-state index contributed by atoms with van der Waals surface area (Å²) in [6.07, 6.45) is -3.43. The Labute approximate surface area is 150 Å². The quantitative estimate of drug-likeness (QED) is 0.475. The molecular formula is C15H11ClF3N3O4. The average molecular weight is 390 g/mol. The summed E-state index contributed by atoms with van der Waals surface area (Å²) in [5.74, 6) is -3.34. The maximum Gasteiger partial charge on any atom is 0.416 e. The van der Waals surface area contributed by atoms with Crippen LogP contribution in [0.5, 0.6) is 0 Å². The fraction of sp³-hybridized carbons (Fsp3) is 0.200. The van der Waals surface area contributed by atoms with Gasteiger partial charge in [-0.2, -0.15) is 13.2 Å². The molecule has 1 aromatic carbocycles. The van der Waals surface area contributed by atoms with Crippen LogP contribution in [-0.4, -0.2) is 46.6 Å². The molecule has 2 rings (SSSR count). The zero-order valence-electron chi connectivity index (χ0n) is 13.0. The topological polar surface area (TPSA) is 86.8 Å². The van der Waals surface area contributed by atoms with E-state index in [2.05, 4.69) is 11.9 Å². The molecule has 1 N–H and O–H groups in total. The summed E-state index contributed by atoms with van der Waals surface area (Å²) in [6, 6.07) is 1.27. The Kier molecular flexibility index (Phi) is 5.36. The SMILES string of the molecule is C=CCN1C(=O)C(=O)N(CC(=O)Nc2cc(C(F)(F)F)ccc2Cl)C1=O. The van der Waals surface area contributed by atoms with Gasteiger partial charge in [-0.15, -0.1) is 6.58 Å². The normalized spacial score (nSPS) is 14.8. The number of hydrogen-bond acceptors (Lipinski definition) is 4. The van der Waals surface area contributed by atoms with Crippen molar-refractivity contribution in [1.29, 1.82) is 0 Å². The number of hydrogen-bond donors (Lipinski definition) is 1. The molecule has 1 aliphatic heterocycles. The predicted molar refractivity (Wildman–Crippen MR) is 84.1 cm³/mol. The van der Waals surface area contributed by atoms with E-state index in [0.29, 0.717) is 15.9 Å². The number of halogens is 4.